The van der Waals surface area contributed by atoms with Gasteiger partial charge >= 0.3 is 5.76 Å². The standard InChI is InChI=1S/C21H22N2O3S/c24-20(13-14-23-18-7-3-4-8-19(18)26-21(23)25)22-15-9-11-17(12-10-15)27-16-5-1-2-6-16/h3-4,7-12,16H,1-2,5-6,13-14H2,(H,22,24). The Morgan fingerprint density at radius 1 is 1.11 bits per heavy atom. The molecule has 3 aromatic rings. The third-order valence-electron chi connectivity index (χ3n) is 4.88. The summed E-state index contributed by atoms with van der Waals surface area (Å²) in [7, 11) is 0. The minimum atomic E-state index is -0.433. The van der Waals surface area contributed by atoms with Crippen molar-refractivity contribution in [1.82, 2.24) is 4.57 Å². The van der Waals surface area contributed by atoms with E-state index in [2.05, 4.69) is 17.4 Å². The van der Waals surface area contributed by atoms with E-state index in [1.54, 1.807) is 6.07 Å². The highest BCUT2D eigenvalue weighted by molar-refractivity contribution is 8.00. The summed E-state index contributed by atoms with van der Waals surface area (Å²) in [6, 6.07) is 15.2. The number of aryl methyl sites for hydroxylation is 1. The van der Waals surface area contributed by atoms with E-state index in [0.717, 1.165) is 10.9 Å². The Kier molecular flexibility index (Phi) is 5.34. The monoisotopic (exact) mass is 382 g/mol. The molecule has 140 valence electrons. The van der Waals surface area contributed by atoms with Gasteiger partial charge in [0.25, 0.3) is 0 Å². The molecule has 1 aliphatic rings. The quantitative estimate of drug-likeness (QED) is 0.673. The van der Waals surface area contributed by atoms with Crippen molar-refractivity contribution in [2.75, 3.05) is 5.32 Å². The Morgan fingerprint density at radius 3 is 2.63 bits per heavy atom. The summed E-state index contributed by atoms with van der Waals surface area (Å²) in [5.74, 6) is -0.555. The number of rotatable bonds is 6. The fourth-order valence-electron chi connectivity index (χ4n) is 3.48. The van der Waals surface area contributed by atoms with Crippen molar-refractivity contribution < 1.29 is 9.21 Å². The van der Waals surface area contributed by atoms with Gasteiger partial charge in [-0.25, -0.2) is 4.79 Å². The number of fused-ring (bicyclic) bond motifs is 1. The molecule has 0 aliphatic heterocycles. The lowest BCUT2D eigenvalue weighted by Crippen LogP contribution is -2.19. The van der Waals surface area contributed by atoms with E-state index in [9.17, 15) is 9.59 Å². The Balaban J connectivity index is 1.33. The molecule has 1 aliphatic carbocycles. The third kappa shape index (κ3) is 4.27. The number of amides is 1. The maximum atomic E-state index is 12.3. The van der Waals surface area contributed by atoms with Gasteiger partial charge in [0.2, 0.25) is 5.91 Å². The summed E-state index contributed by atoms with van der Waals surface area (Å²) in [6.45, 7) is 0.289. The molecule has 1 heterocycles. The summed E-state index contributed by atoms with van der Waals surface area (Å²) in [4.78, 5) is 25.5. The van der Waals surface area contributed by atoms with Crippen LogP contribution in [-0.2, 0) is 11.3 Å². The average molecular weight is 382 g/mol. The molecule has 1 N–H and O–H groups in total. The number of para-hydroxylation sites is 2. The van der Waals surface area contributed by atoms with Crippen molar-refractivity contribution in [2.24, 2.45) is 0 Å². The molecule has 0 unspecified atom stereocenters. The number of nitrogens with zero attached hydrogens (tertiary/aromatic N) is 1. The SMILES string of the molecule is O=C(CCn1c(=O)oc2ccccc21)Nc1ccc(SC2CCCC2)cc1. The lowest BCUT2D eigenvalue weighted by Gasteiger charge is -2.10. The van der Waals surface area contributed by atoms with E-state index in [4.69, 9.17) is 4.42 Å². The topological polar surface area (TPSA) is 64.2 Å². The summed E-state index contributed by atoms with van der Waals surface area (Å²) in [5, 5.41) is 3.63. The van der Waals surface area contributed by atoms with Crippen LogP contribution in [0.4, 0.5) is 5.69 Å². The molecule has 0 bridgehead atoms. The van der Waals surface area contributed by atoms with E-state index < -0.39 is 5.76 Å². The van der Waals surface area contributed by atoms with Gasteiger partial charge in [-0.1, -0.05) is 25.0 Å². The molecule has 1 aromatic heterocycles. The number of carbonyl (C=O) groups is 1. The molecular weight excluding hydrogens is 360 g/mol. The van der Waals surface area contributed by atoms with E-state index in [-0.39, 0.29) is 18.9 Å². The first-order valence-corrected chi connectivity index (χ1v) is 10.2. The van der Waals surface area contributed by atoms with Gasteiger partial charge in [-0.3, -0.25) is 9.36 Å². The van der Waals surface area contributed by atoms with Gasteiger partial charge in [0.1, 0.15) is 0 Å². The molecule has 5 nitrogen and oxygen atoms in total. The maximum Gasteiger partial charge on any atom is 0.419 e. The molecule has 0 atom stereocenters. The lowest BCUT2D eigenvalue weighted by atomic mass is 10.3. The first-order valence-electron chi connectivity index (χ1n) is 9.34. The van der Waals surface area contributed by atoms with Crippen LogP contribution in [0.3, 0.4) is 0 Å². The molecule has 2 aromatic carbocycles. The Hall–Kier alpha value is -2.47. The van der Waals surface area contributed by atoms with Crippen molar-refractivity contribution >= 4 is 34.5 Å². The molecule has 0 spiro atoms. The Morgan fingerprint density at radius 2 is 1.85 bits per heavy atom. The van der Waals surface area contributed by atoms with Crippen LogP contribution in [0.25, 0.3) is 11.1 Å². The summed E-state index contributed by atoms with van der Waals surface area (Å²) >= 11 is 1.93. The fourth-order valence-corrected chi connectivity index (χ4v) is 4.73. The number of oxazole rings is 1. The second kappa shape index (κ2) is 8.05. The number of carbonyl (C=O) groups excluding carboxylic acids is 1. The van der Waals surface area contributed by atoms with Crippen LogP contribution in [0.1, 0.15) is 32.1 Å². The lowest BCUT2D eigenvalue weighted by molar-refractivity contribution is -0.116. The van der Waals surface area contributed by atoms with Crippen LogP contribution in [0.15, 0.2) is 62.6 Å². The van der Waals surface area contributed by atoms with Gasteiger partial charge in [-0.2, -0.15) is 0 Å². The number of aromatic nitrogens is 1. The fraction of sp³-hybridized carbons (Fsp3) is 0.333. The first kappa shape index (κ1) is 17.9. The van der Waals surface area contributed by atoms with Crippen molar-refractivity contribution in [3.05, 3.63) is 59.1 Å². The van der Waals surface area contributed by atoms with Crippen LogP contribution in [0, 0.1) is 0 Å². The summed E-state index contributed by atoms with van der Waals surface area (Å²) < 4.78 is 6.69. The van der Waals surface area contributed by atoms with Gasteiger partial charge in [0.05, 0.1) is 5.52 Å². The molecule has 1 saturated carbocycles. The molecule has 1 amide bonds. The first-order chi connectivity index (χ1) is 13.2. The van der Waals surface area contributed by atoms with Gasteiger partial charge in [-0.15, -0.1) is 11.8 Å². The zero-order valence-corrected chi connectivity index (χ0v) is 15.8. The van der Waals surface area contributed by atoms with E-state index >= 15 is 0 Å². The van der Waals surface area contributed by atoms with E-state index in [1.807, 2.05) is 42.1 Å². The summed E-state index contributed by atoms with van der Waals surface area (Å²) in [6.07, 6.45) is 5.47. The number of hydrogen-bond acceptors (Lipinski definition) is 4. The van der Waals surface area contributed by atoms with E-state index in [0.29, 0.717) is 11.1 Å². The van der Waals surface area contributed by atoms with E-state index in [1.165, 1.54) is 35.1 Å². The van der Waals surface area contributed by atoms with Crippen LogP contribution in [-0.4, -0.2) is 15.7 Å². The van der Waals surface area contributed by atoms with Gasteiger partial charge < -0.3 is 9.73 Å². The second-order valence-electron chi connectivity index (χ2n) is 6.83. The zero-order chi connectivity index (χ0) is 18.6. The molecule has 4 rings (SSSR count). The second-order valence-corrected chi connectivity index (χ2v) is 8.21. The molecule has 6 heteroatoms. The van der Waals surface area contributed by atoms with Gasteiger partial charge in [-0.05, 0) is 49.2 Å². The van der Waals surface area contributed by atoms with Crippen LogP contribution < -0.4 is 11.1 Å². The number of hydrogen-bond donors (Lipinski definition) is 1. The normalized spacial score (nSPS) is 14.7. The predicted octanol–water partition coefficient (Wildman–Crippen LogP) is 4.66. The highest BCUT2D eigenvalue weighted by Crippen LogP contribution is 2.34. The van der Waals surface area contributed by atoms with Crippen LogP contribution in [0.2, 0.25) is 0 Å². The van der Waals surface area contributed by atoms with Crippen LogP contribution >= 0.6 is 11.8 Å². The Labute approximate surface area is 161 Å². The number of anilines is 1. The average Bonchev–Trinajstić information content (AvgIpc) is 3.28. The molecular formula is C21H22N2O3S. The van der Waals surface area contributed by atoms with Gasteiger partial charge in [0.15, 0.2) is 5.58 Å². The van der Waals surface area contributed by atoms with Crippen molar-refractivity contribution in [1.29, 1.82) is 0 Å². The predicted molar refractivity (Wildman–Crippen MR) is 108 cm³/mol. The highest BCUT2D eigenvalue weighted by Gasteiger charge is 2.16. The van der Waals surface area contributed by atoms with Crippen LogP contribution in [0.5, 0.6) is 0 Å². The number of benzene rings is 2. The molecule has 27 heavy (non-hydrogen) atoms. The largest absolute Gasteiger partial charge is 0.419 e. The number of thioether (sulfide) groups is 1. The third-order valence-corrected chi connectivity index (χ3v) is 6.23. The molecule has 0 radical (unpaired) electrons. The van der Waals surface area contributed by atoms with Crippen molar-refractivity contribution in [3.8, 4) is 0 Å². The zero-order valence-electron chi connectivity index (χ0n) is 15.0. The van der Waals surface area contributed by atoms with Gasteiger partial charge in [0, 0.05) is 28.8 Å². The molecule has 0 saturated heterocycles. The molecule has 1 fully saturated rings. The minimum Gasteiger partial charge on any atom is -0.408 e. The highest BCUT2D eigenvalue weighted by atomic mass is 32.2. The maximum absolute atomic E-state index is 12.3. The summed E-state index contributed by atoms with van der Waals surface area (Å²) in [5.41, 5.74) is 2.03. The number of nitrogens with one attached hydrogen (secondary N) is 1. The smallest absolute Gasteiger partial charge is 0.408 e. The van der Waals surface area contributed by atoms with Crippen molar-refractivity contribution in [2.45, 2.75) is 48.8 Å². The Bertz CT molecular complexity index is 985. The minimum absolute atomic E-state index is 0.122. The van der Waals surface area contributed by atoms with Crippen molar-refractivity contribution in [3.63, 3.8) is 0 Å².